The fourth-order valence-electron chi connectivity index (χ4n) is 3.13. The highest BCUT2D eigenvalue weighted by Gasteiger charge is 2.25. The van der Waals surface area contributed by atoms with Crippen LogP contribution in [0.1, 0.15) is 34.0 Å². The summed E-state index contributed by atoms with van der Waals surface area (Å²) in [7, 11) is 1.37. The van der Waals surface area contributed by atoms with Crippen molar-refractivity contribution in [2.24, 2.45) is 0 Å². The van der Waals surface area contributed by atoms with Gasteiger partial charge in [-0.2, -0.15) is 0 Å². The maximum absolute atomic E-state index is 12.6. The molecule has 0 unspecified atom stereocenters. The van der Waals surface area contributed by atoms with Crippen molar-refractivity contribution in [1.82, 2.24) is 5.32 Å². The normalized spacial score (nSPS) is 10.3. The number of hydrogen-bond donors (Lipinski definition) is 2. The molecule has 0 fully saturated rings. The number of amides is 2. The lowest BCUT2D eigenvalue weighted by Crippen LogP contribution is -2.33. The number of ether oxygens (including phenoxy) is 2. The topological polar surface area (TPSA) is 120 Å². The molecule has 9 heteroatoms. The maximum atomic E-state index is 12.6. The van der Waals surface area contributed by atoms with Crippen molar-refractivity contribution in [2.75, 3.05) is 25.6 Å². The molecule has 0 aliphatic rings. The first-order valence-corrected chi connectivity index (χ1v) is 9.33. The highest BCUT2D eigenvalue weighted by atomic mass is 16.6. The summed E-state index contributed by atoms with van der Waals surface area (Å²) in [5.41, 5.74) is 2.89. The van der Waals surface area contributed by atoms with Crippen LogP contribution in [0.5, 0.6) is 11.5 Å². The lowest BCUT2D eigenvalue weighted by atomic mass is 10.1. The lowest BCUT2D eigenvalue weighted by Gasteiger charge is -2.14. The third kappa shape index (κ3) is 5.25. The lowest BCUT2D eigenvalue weighted by molar-refractivity contribution is -0.385. The van der Waals surface area contributed by atoms with Gasteiger partial charge < -0.3 is 20.1 Å². The van der Waals surface area contributed by atoms with Crippen molar-refractivity contribution < 1.29 is 24.0 Å². The summed E-state index contributed by atoms with van der Waals surface area (Å²) in [6, 6.07) is 6.24. The first-order valence-electron chi connectivity index (χ1n) is 9.33. The van der Waals surface area contributed by atoms with Crippen molar-refractivity contribution in [3.05, 3.63) is 56.6 Å². The van der Waals surface area contributed by atoms with Gasteiger partial charge in [-0.3, -0.25) is 19.7 Å². The molecular formula is C21H25N3O6. The van der Waals surface area contributed by atoms with Gasteiger partial charge in [0.1, 0.15) is 5.56 Å². The van der Waals surface area contributed by atoms with E-state index in [0.29, 0.717) is 5.69 Å². The molecule has 2 amide bonds. The zero-order valence-corrected chi connectivity index (χ0v) is 17.6. The van der Waals surface area contributed by atoms with Crippen molar-refractivity contribution in [3.8, 4) is 11.5 Å². The van der Waals surface area contributed by atoms with Crippen LogP contribution in [0.3, 0.4) is 0 Å². The van der Waals surface area contributed by atoms with Gasteiger partial charge in [-0.25, -0.2) is 0 Å². The molecule has 9 nitrogen and oxygen atoms in total. The van der Waals surface area contributed by atoms with Crippen molar-refractivity contribution >= 4 is 23.2 Å². The Kier molecular flexibility index (Phi) is 7.35. The van der Waals surface area contributed by atoms with Gasteiger partial charge in [0.05, 0.1) is 31.3 Å². The first kappa shape index (κ1) is 22.7. The number of nitro benzene ring substituents is 1. The predicted octanol–water partition coefficient (Wildman–Crippen LogP) is 3.30. The van der Waals surface area contributed by atoms with E-state index in [4.69, 9.17) is 9.47 Å². The Hall–Kier alpha value is -3.62. The average Bonchev–Trinajstić information content (AvgIpc) is 2.68. The number of benzene rings is 2. The van der Waals surface area contributed by atoms with Crippen LogP contribution in [0.2, 0.25) is 0 Å². The van der Waals surface area contributed by atoms with Gasteiger partial charge in [-0.05, 0) is 38.8 Å². The van der Waals surface area contributed by atoms with E-state index in [9.17, 15) is 19.7 Å². The molecule has 0 aliphatic carbocycles. The molecule has 0 bridgehead atoms. The van der Waals surface area contributed by atoms with E-state index in [1.807, 2.05) is 32.9 Å². The molecule has 0 heterocycles. The number of hydrogen-bond acceptors (Lipinski definition) is 6. The summed E-state index contributed by atoms with van der Waals surface area (Å²) in [5.74, 6) is -0.872. The Morgan fingerprint density at radius 3 is 2.23 bits per heavy atom. The molecule has 160 valence electrons. The molecule has 0 saturated heterocycles. The second-order valence-electron chi connectivity index (χ2n) is 6.71. The van der Waals surface area contributed by atoms with Crippen LogP contribution in [0.25, 0.3) is 0 Å². The fourth-order valence-corrected chi connectivity index (χ4v) is 3.13. The number of nitrogens with one attached hydrogen (secondary N) is 2. The maximum Gasteiger partial charge on any atom is 0.286 e. The zero-order chi connectivity index (χ0) is 22.4. The Balaban J connectivity index is 2.17. The smallest absolute Gasteiger partial charge is 0.286 e. The molecule has 0 aromatic heterocycles. The highest BCUT2D eigenvalue weighted by molar-refractivity contribution is 6.02. The summed E-state index contributed by atoms with van der Waals surface area (Å²) < 4.78 is 10.5. The van der Waals surface area contributed by atoms with E-state index < -0.39 is 22.4 Å². The van der Waals surface area contributed by atoms with Crippen LogP contribution in [0.15, 0.2) is 24.3 Å². The van der Waals surface area contributed by atoms with Gasteiger partial charge in [-0.1, -0.05) is 17.7 Å². The van der Waals surface area contributed by atoms with Gasteiger partial charge in [0.2, 0.25) is 5.91 Å². The Morgan fingerprint density at radius 1 is 1.07 bits per heavy atom. The van der Waals surface area contributed by atoms with Crippen molar-refractivity contribution in [2.45, 2.75) is 27.7 Å². The summed E-state index contributed by atoms with van der Waals surface area (Å²) >= 11 is 0. The van der Waals surface area contributed by atoms with Crippen LogP contribution >= 0.6 is 0 Å². The monoisotopic (exact) mass is 415 g/mol. The minimum Gasteiger partial charge on any atom is -0.493 e. The minimum absolute atomic E-state index is 0.159. The predicted molar refractivity (Wildman–Crippen MR) is 112 cm³/mol. The van der Waals surface area contributed by atoms with Crippen LogP contribution in [0.4, 0.5) is 11.4 Å². The Morgan fingerprint density at radius 2 is 1.70 bits per heavy atom. The number of rotatable bonds is 8. The van der Waals surface area contributed by atoms with E-state index in [1.165, 1.54) is 13.2 Å². The van der Waals surface area contributed by atoms with E-state index >= 15 is 0 Å². The number of carbonyl (C=O) groups is 2. The van der Waals surface area contributed by atoms with Gasteiger partial charge in [-0.15, -0.1) is 0 Å². The highest BCUT2D eigenvalue weighted by Crippen LogP contribution is 2.34. The third-order valence-electron chi connectivity index (χ3n) is 4.37. The average molecular weight is 415 g/mol. The Bertz CT molecular complexity index is 964. The van der Waals surface area contributed by atoms with E-state index in [-0.39, 0.29) is 30.2 Å². The zero-order valence-electron chi connectivity index (χ0n) is 17.6. The summed E-state index contributed by atoms with van der Waals surface area (Å²) in [6.07, 6.45) is 0. The second kappa shape index (κ2) is 9.73. The third-order valence-corrected chi connectivity index (χ3v) is 4.37. The number of nitrogens with zero attached hydrogens (tertiary/aromatic N) is 1. The largest absolute Gasteiger partial charge is 0.493 e. The SMILES string of the molecule is CCOc1cc([N+](=O)[O-])c(C(=O)NCC(=O)Nc2c(C)cc(C)cc2C)cc1OC. The quantitative estimate of drug-likeness (QED) is 0.504. The Labute approximate surface area is 174 Å². The van der Waals surface area contributed by atoms with Gasteiger partial charge in [0, 0.05) is 11.8 Å². The molecule has 30 heavy (non-hydrogen) atoms. The standard InChI is InChI=1S/C21H25N3O6/c1-6-30-18-10-16(24(27)28)15(9-17(18)29-5)21(26)22-11-19(25)23-20-13(3)7-12(2)8-14(20)4/h7-10H,6,11H2,1-5H3,(H,22,26)(H,23,25). The number of aryl methyl sites for hydroxylation is 3. The number of methoxy groups -OCH3 is 1. The molecule has 0 spiro atoms. The molecule has 0 atom stereocenters. The molecule has 0 aliphatic heterocycles. The van der Waals surface area contributed by atoms with Crippen molar-refractivity contribution in [1.29, 1.82) is 0 Å². The molecule has 2 aromatic rings. The summed E-state index contributed by atoms with van der Waals surface area (Å²) in [4.78, 5) is 35.6. The van der Waals surface area contributed by atoms with E-state index in [0.717, 1.165) is 22.8 Å². The molecule has 0 saturated carbocycles. The second-order valence-corrected chi connectivity index (χ2v) is 6.71. The molecule has 0 radical (unpaired) electrons. The van der Waals surface area contributed by atoms with E-state index in [2.05, 4.69) is 10.6 Å². The summed E-state index contributed by atoms with van der Waals surface area (Å²) in [5, 5.41) is 16.6. The number of anilines is 1. The van der Waals surface area contributed by atoms with Gasteiger partial charge >= 0.3 is 0 Å². The van der Waals surface area contributed by atoms with E-state index in [1.54, 1.807) is 6.92 Å². The molecule has 2 rings (SSSR count). The fraction of sp³-hybridized carbons (Fsp3) is 0.333. The van der Waals surface area contributed by atoms with Crippen molar-refractivity contribution in [3.63, 3.8) is 0 Å². The minimum atomic E-state index is -0.768. The first-order chi connectivity index (χ1) is 14.2. The molecule has 2 N–H and O–H groups in total. The number of carbonyl (C=O) groups excluding carboxylic acids is 2. The summed E-state index contributed by atoms with van der Waals surface area (Å²) in [6.45, 7) is 7.37. The van der Waals surface area contributed by atoms with Gasteiger partial charge in [0.25, 0.3) is 11.6 Å². The number of nitro groups is 1. The van der Waals surface area contributed by atoms with Crippen LogP contribution < -0.4 is 20.1 Å². The van der Waals surface area contributed by atoms with Crippen LogP contribution in [-0.4, -0.2) is 37.0 Å². The molecule has 2 aromatic carbocycles. The van der Waals surface area contributed by atoms with Crippen LogP contribution in [-0.2, 0) is 4.79 Å². The van der Waals surface area contributed by atoms with Gasteiger partial charge in [0.15, 0.2) is 11.5 Å². The van der Waals surface area contributed by atoms with Crippen LogP contribution in [0, 0.1) is 30.9 Å². The molecular weight excluding hydrogens is 390 g/mol.